The van der Waals surface area contributed by atoms with Gasteiger partial charge in [0, 0.05) is 30.6 Å². The third-order valence-electron chi connectivity index (χ3n) is 4.28. The molecule has 1 unspecified atom stereocenters. The second-order valence-electron chi connectivity index (χ2n) is 10.5. The van der Waals surface area contributed by atoms with Gasteiger partial charge in [-0.25, -0.2) is 9.59 Å². The molecule has 0 saturated carbocycles. The fourth-order valence-electron chi connectivity index (χ4n) is 3.11. The normalized spacial score (nSPS) is 14.0. The lowest BCUT2D eigenvalue weighted by Gasteiger charge is -2.33. The molecule has 3 amide bonds. The number of nitrogens with one attached hydrogen (secondary N) is 2. The summed E-state index contributed by atoms with van der Waals surface area (Å²) >= 11 is 0. The molecule has 0 heterocycles. The van der Waals surface area contributed by atoms with Crippen molar-refractivity contribution in [2.24, 2.45) is 5.92 Å². The number of amides is 3. The van der Waals surface area contributed by atoms with Gasteiger partial charge in [-0.15, -0.1) is 0 Å². The third kappa shape index (κ3) is 10.5. The quantitative estimate of drug-likeness (QED) is 0.520. The molecule has 31 heavy (non-hydrogen) atoms. The highest BCUT2D eigenvalue weighted by Crippen LogP contribution is 2.25. The lowest BCUT2D eigenvalue weighted by molar-refractivity contribution is -0.0257. The Morgan fingerprint density at radius 3 is 2.10 bits per heavy atom. The standard InChI is InChI=1S/C24H41N3O4/c1-18(2)17-27(20(28)25-22(3,4)5)16-12-15-24(30,19-13-10-9-11-14-19)26-21(29)31-23(6,7)8/h9-11,13-14,18,30H,12,15-17H2,1-8H3,(H,25,28)(H,26,29). The second-order valence-corrected chi connectivity index (χ2v) is 10.5. The Morgan fingerprint density at radius 1 is 1.03 bits per heavy atom. The number of aliphatic hydroxyl groups is 1. The number of hydrogen-bond donors (Lipinski definition) is 3. The molecular formula is C24H41N3O4. The Balaban J connectivity index is 2.93. The summed E-state index contributed by atoms with van der Waals surface area (Å²) in [6.45, 7) is 16.3. The number of urea groups is 1. The van der Waals surface area contributed by atoms with Gasteiger partial charge in [-0.05, 0) is 53.9 Å². The fraction of sp³-hybridized carbons (Fsp3) is 0.667. The van der Waals surface area contributed by atoms with Crippen LogP contribution >= 0.6 is 0 Å². The van der Waals surface area contributed by atoms with E-state index in [9.17, 15) is 14.7 Å². The minimum absolute atomic E-state index is 0.135. The van der Waals surface area contributed by atoms with E-state index in [1.807, 2.05) is 26.8 Å². The zero-order chi connectivity index (χ0) is 23.9. The summed E-state index contributed by atoms with van der Waals surface area (Å²) in [4.78, 5) is 26.9. The molecule has 0 saturated heterocycles. The van der Waals surface area contributed by atoms with Crippen molar-refractivity contribution in [3.8, 4) is 0 Å². The highest BCUT2D eigenvalue weighted by atomic mass is 16.6. The molecule has 0 radical (unpaired) electrons. The summed E-state index contributed by atoms with van der Waals surface area (Å²) in [6.07, 6.45) is 0.0300. The van der Waals surface area contributed by atoms with E-state index in [2.05, 4.69) is 24.5 Å². The van der Waals surface area contributed by atoms with Crippen LogP contribution in [0.15, 0.2) is 30.3 Å². The maximum Gasteiger partial charge on any atom is 0.410 e. The molecule has 0 aliphatic rings. The third-order valence-corrected chi connectivity index (χ3v) is 4.28. The van der Waals surface area contributed by atoms with Crippen LogP contribution in [0.4, 0.5) is 9.59 Å². The number of nitrogens with zero attached hydrogens (tertiary/aromatic N) is 1. The van der Waals surface area contributed by atoms with Crippen molar-refractivity contribution >= 4 is 12.1 Å². The molecule has 0 aliphatic heterocycles. The molecule has 1 aromatic rings. The summed E-state index contributed by atoms with van der Waals surface area (Å²) in [7, 11) is 0. The maximum atomic E-state index is 12.7. The largest absolute Gasteiger partial charge is 0.444 e. The highest BCUT2D eigenvalue weighted by Gasteiger charge is 2.33. The number of carbonyl (C=O) groups is 2. The Morgan fingerprint density at radius 2 is 1.61 bits per heavy atom. The van der Waals surface area contributed by atoms with E-state index in [4.69, 9.17) is 4.74 Å². The van der Waals surface area contributed by atoms with Crippen LogP contribution in [-0.4, -0.2) is 46.4 Å². The van der Waals surface area contributed by atoms with Gasteiger partial charge in [-0.2, -0.15) is 0 Å². The summed E-state index contributed by atoms with van der Waals surface area (Å²) in [5.74, 6) is 0.304. The van der Waals surface area contributed by atoms with Crippen molar-refractivity contribution in [2.45, 2.75) is 85.1 Å². The van der Waals surface area contributed by atoms with Crippen LogP contribution in [-0.2, 0) is 10.5 Å². The van der Waals surface area contributed by atoms with Crippen LogP contribution < -0.4 is 10.6 Å². The lowest BCUT2D eigenvalue weighted by Crippen LogP contribution is -2.51. The minimum Gasteiger partial charge on any atom is -0.444 e. The first-order valence-corrected chi connectivity index (χ1v) is 11.0. The van der Waals surface area contributed by atoms with Gasteiger partial charge >= 0.3 is 12.1 Å². The van der Waals surface area contributed by atoms with Crippen molar-refractivity contribution in [1.82, 2.24) is 15.5 Å². The number of alkyl carbamates (subject to hydrolysis) is 1. The van der Waals surface area contributed by atoms with E-state index in [1.54, 1.807) is 49.9 Å². The van der Waals surface area contributed by atoms with Crippen molar-refractivity contribution in [3.63, 3.8) is 0 Å². The van der Waals surface area contributed by atoms with Crippen LogP contribution in [0.5, 0.6) is 0 Å². The topological polar surface area (TPSA) is 90.9 Å². The monoisotopic (exact) mass is 435 g/mol. The smallest absolute Gasteiger partial charge is 0.410 e. The van der Waals surface area contributed by atoms with E-state index < -0.39 is 17.4 Å². The molecule has 176 valence electrons. The number of hydrogen-bond acceptors (Lipinski definition) is 4. The van der Waals surface area contributed by atoms with E-state index in [0.717, 1.165) is 0 Å². The van der Waals surface area contributed by atoms with Crippen molar-refractivity contribution in [3.05, 3.63) is 35.9 Å². The van der Waals surface area contributed by atoms with E-state index in [0.29, 0.717) is 31.0 Å². The van der Waals surface area contributed by atoms with Gasteiger partial charge in [0.15, 0.2) is 5.72 Å². The summed E-state index contributed by atoms with van der Waals surface area (Å²) in [5.41, 5.74) is -2.06. The molecule has 0 bridgehead atoms. The molecule has 7 heteroatoms. The second kappa shape index (κ2) is 10.8. The molecule has 0 fully saturated rings. The SMILES string of the molecule is CC(C)CN(CCCC(O)(NC(=O)OC(C)(C)C)c1ccccc1)C(=O)NC(C)(C)C. The van der Waals surface area contributed by atoms with Gasteiger partial charge < -0.3 is 20.1 Å². The molecule has 7 nitrogen and oxygen atoms in total. The summed E-state index contributed by atoms with van der Waals surface area (Å²) in [6, 6.07) is 8.84. The van der Waals surface area contributed by atoms with Crippen molar-refractivity contribution in [2.75, 3.05) is 13.1 Å². The minimum atomic E-state index is -1.60. The van der Waals surface area contributed by atoms with E-state index in [-0.39, 0.29) is 18.0 Å². The van der Waals surface area contributed by atoms with E-state index in [1.165, 1.54) is 0 Å². The van der Waals surface area contributed by atoms with Crippen molar-refractivity contribution in [1.29, 1.82) is 0 Å². The van der Waals surface area contributed by atoms with Crippen LogP contribution in [0.2, 0.25) is 0 Å². The lowest BCUT2D eigenvalue weighted by atomic mass is 9.97. The molecule has 1 rings (SSSR count). The van der Waals surface area contributed by atoms with Crippen LogP contribution in [0, 0.1) is 5.92 Å². The molecule has 1 aromatic carbocycles. The Kier molecular flexibility index (Phi) is 9.36. The van der Waals surface area contributed by atoms with Gasteiger partial charge in [0.1, 0.15) is 5.60 Å². The van der Waals surface area contributed by atoms with Crippen LogP contribution in [0.1, 0.15) is 73.8 Å². The number of rotatable bonds is 8. The zero-order valence-electron chi connectivity index (χ0n) is 20.4. The summed E-state index contributed by atoms with van der Waals surface area (Å²) in [5, 5.41) is 17.0. The summed E-state index contributed by atoms with van der Waals surface area (Å²) < 4.78 is 5.34. The Hall–Kier alpha value is -2.28. The fourth-order valence-corrected chi connectivity index (χ4v) is 3.11. The Labute approximate surface area is 187 Å². The number of carbonyl (C=O) groups excluding carboxylic acids is 2. The van der Waals surface area contributed by atoms with Crippen LogP contribution in [0.25, 0.3) is 0 Å². The first-order valence-electron chi connectivity index (χ1n) is 11.0. The van der Waals surface area contributed by atoms with Gasteiger partial charge in [0.05, 0.1) is 0 Å². The first-order chi connectivity index (χ1) is 14.1. The number of benzene rings is 1. The predicted octanol–water partition coefficient (Wildman–Crippen LogP) is 4.60. The molecular weight excluding hydrogens is 394 g/mol. The molecule has 1 atom stereocenters. The average molecular weight is 436 g/mol. The van der Waals surface area contributed by atoms with E-state index >= 15 is 0 Å². The zero-order valence-corrected chi connectivity index (χ0v) is 20.4. The average Bonchev–Trinajstić information content (AvgIpc) is 2.58. The predicted molar refractivity (Wildman–Crippen MR) is 124 cm³/mol. The van der Waals surface area contributed by atoms with Gasteiger partial charge in [-0.3, -0.25) is 5.32 Å². The first kappa shape index (κ1) is 26.8. The highest BCUT2D eigenvalue weighted by molar-refractivity contribution is 5.75. The molecule has 0 spiro atoms. The molecule has 0 aromatic heterocycles. The van der Waals surface area contributed by atoms with Gasteiger partial charge in [0.2, 0.25) is 0 Å². The van der Waals surface area contributed by atoms with Gasteiger partial charge in [0.25, 0.3) is 0 Å². The number of ether oxygens (including phenoxy) is 1. The van der Waals surface area contributed by atoms with Crippen molar-refractivity contribution < 1.29 is 19.4 Å². The maximum absolute atomic E-state index is 12.7. The van der Waals surface area contributed by atoms with Crippen LogP contribution in [0.3, 0.4) is 0 Å². The Bertz CT molecular complexity index is 708. The molecule has 0 aliphatic carbocycles. The molecule has 3 N–H and O–H groups in total. The van der Waals surface area contributed by atoms with Gasteiger partial charge in [-0.1, -0.05) is 44.2 Å².